The molecule has 1 saturated carbocycles. The second-order valence-electron chi connectivity index (χ2n) is 9.52. The van der Waals surface area contributed by atoms with Gasteiger partial charge in [0.2, 0.25) is 5.91 Å². The van der Waals surface area contributed by atoms with Gasteiger partial charge in [-0.3, -0.25) is 9.59 Å². The number of ether oxygens (including phenoxy) is 2. The Labute approximate surface area is 211 Å². The Morgan fingerprint density at radius 3 is 2.58 bits per heavy atom. The minimum absolute atomic E-state index is 0.0522. The van der Waals surface area contributed by atoms with Crippen LogP contribution in [-0.4, -0.2) is 60.3 Å². The fourth-order valence-corrected chi connectivity index (χ4v) is 4.69. The number of benzene rings is 2. The zero-order valence-corrected chi connectivity index (χ0v) is 20.8. The first kappa shape index (κ1) is 23.9. The van der Waals surface area contributed by atoms with Gasteiger partial charge in [0.05, 0.1) is 31.4 Å². The van der Waals surface area contributed by atoms with Crippen LogP contribution in [0.5, 0.6) is 11.5 Å². The molecule has 0 spiro atoms. The number of nitrogens with zero attached hydrogens (tertiary/aromatic N) is 3. The summed E-state index contributed by atoms with van der Waals surface area (Å²) in [6.45, 7) is 1.76. The summed E-state index contributed by atoms with van der Waals surface area (Å²) in [5, 5.41) is 7.89. The van der Waals surface area contributed by atoms with Crippen LogP contribution < -0.4 is 14.8 Å². The maximum Gasteiger partial charge on any atom is 0.257 e. The smallest absolute Gasteiger partial charge is 0.257 e. The van der Waals surface area contributed by atoms with Crippen molar-refractivity contribution >= 4 is 11.8 Å². The highest BCUT2D eigenvalue weighted by Crippen LogP contribution is 2.36. The summed E-state index contributed by atoms with van der Waals surface area (Å²) in [6, 6.07) is 15.2. The average molecular weight is 489 g/mol. The van der Waals surface area contributed by atoms with Crippen molar-refractivity contribution in [3.8, 4) is 28.4 Å². The molecule has 0 unspecified atom stereocenters. The highest BCUT2D eigenvalue weighted by molar-refractivity contribution is 6.01. The number of hydrogen-bond donors (Lipinski definition) is 1. The van der Waals surface area contributed by atoms with Crippen molar-refractivity contribution in [2.75, 3.05) is 33.9 Å². The molecule has 188 valence electrons. The number of carbonyl (C=O) groups is 2. The van der Waals surface area contributed by atoms with E-state index < -0.39 is 0 Å². The van der Waals surface area contributed by atoms with E-state index in [1.807, 2.05) is 42.5 Å². The lowest BCUT2D eigenvalue weighted by Crippen LogP contribution is -2.45. The molecule has 0 bridgehead atoms. The predicted octanol–water partition coefficient (Wildman–Crippen LogP) is 3.93. The van der Waals surface area contributed by atoms with Crippen molar-refractivity contribution in [1.29, 1.82) is 0 Å². The number of nitrogens with one attached hydrogen (secondary N) is 1. The maximum absolute atomic E-state index is 13.9. The number of likely N-dealkylation sites (tertiary alicyclic amines) is 1. The molecule has 5 rings (SSSR count). The van der Waals surface area contributed by atoms with Crippen LogP contribution in [0.2, 0.25) is 0 Å². The highest BCUT2D eigenvalue weighted by Gasteiger charge is 2.32. The predicted molar refractivity (Wildman–Crippen MR) is 136 cm³/mol. The SMILES string of the molecule is COc1ccc(-c2nn(-c3ccccc3)cc2C(=O)N2CCC[C@@H](C(=O)NCC3CC3)C2)c(OC)c1. The Morgan fingerprint density at radius 1 is 1.06 bits per heavy atom. The monoisotopic (exact) mass is 488 g/mol. The second-order valence-corrected chi connectivity index (χ2v) is 9.52. The number of amides is 2. The largest absolute Gasteiger partial charge is 0.497 e. The van der Waals surface area contributed by atoms with Crippen LogP contribution in [-0.2, 0) is 4.79 Å². The molecule has 8 heteroatoms. The summed E-state index contributed by atoms with van der Waals surface area (Å²) in [7, 11) is 3.19. The number of methoxy groups -OCH3 is 2. The van der Waals surface area contributed by atoms with Crippen LogP contribution in [0.1, 0.15) is 36.0 Å². The Hall–Kier alpha value is -3.81. The molecule has 1 aromatic heterocycles. The Bertz CT molecular complexity index is 1240. The van der Waals surface area contributed by atoms with Crippen molar-refractivity contribution < 1.29 is 19.1 Å². The number of aromatic nitrogens is 2. The summed E-state index contributed by atoms with van der Waals surface area (Å²) in [5.74, 6) is 1.58. The standard InChI is InChI=1S/C28H32N4O4/c1-35-22-12-13-23(25(15-22)36-2)26-24(18-32(30-26)21-8-4-3-5-9-21)28(34)31-14-6-7-20(17-31)27(33)29-16-19-10-11-19/h3-5,8-9,12-13,15,18-20H,6-7,10-11,14,16-17H2,1-2H3,(H,29,33)/t20-/m1/s1. The summed E-state index contributed by atoms with van der Waals surface area (Å²) >= 11 is 0. The minimum Gasteiger partial charge on any atom is -0.497 e. The Balaban J connectivity index is 1.46. The van der Waals surface area contributed by atoms with Crippen LogP contribution in [0.25, 0.3) is 16.9 Å². The summed E-state index contributed by atoms with van der Waals surface area (Å²) < 4.78 is 12.7. The molecule has 8 nitrogen and oxygen atoms in total. The second kappa shape index (κ2) is 10.4. The van der Waals surface area contributed by atoms with E-state index in [1.165, 1.54) is 12.8 Å². The van der Waals surface area contributed by atoms with Crippen molar-refractivity contribution in [2.24, 2.45) is 11.8 Å². The number of hydrogen-bond acceptors (Lipinski definition) is 5. The first-order valence-electron chi connectivity index (χ1n) is 12.5. The quantitative estimate of drug-likeness (QED) is 0.519. The molecule has 2 fully saturated rings. The number of rotatable bonds is 8. The lowest BCUT2D eigenvalue weighted by Gasteiger charge is -2.32. The molecule has 2 aliphatic rings. The van der Waals surface area contributed by atoms with Gasteiger partial charge in [-0.25, -0.2) is 4.68 Å². The number of carbonyl (C=O) groups excluding carboxylic acids is 2. The van der Waals surface area contributed by atoms with Gasteiger partial charge >= 0.3 is 0 Å². The van der Waals surface area contributed by atoms with E-state index in [0.29, 0.717) is 47.3 Å². The van der Waals surface area contributed by atoms with E-state index in [2.05, 4.69) is 5.32 Å². The van der Waals surface area contributed by atoms with Crippen molar-refractivity contribution in [1.82, 2.24) is 20.0 Å². The number of para-hydroxylation sites is 1. The lowest BCUT2D eigenvalue weighted by molar-refractivity contribution is -0.126. The Morgan fingerprint density at radius 2 is 1.86 bits per heavy atom. The van der Waals surface area contributed by atoms with Crippen molar-refractivity contribution in [3.05, 3.63) is 60.3 Å². The van der Waals surface area contributed by atoms with Gasteiger partial charge in [0, 0.05) is 37.5 Å². The van der Waals surface area contributed by atoms with Crippen LogP contribution in [0.4, 0.5) is 0 Å². The molecule has 3 aromatic rings. The van der Waals surface area contributed by atoms with Gasteiger partial charge in [-0.2, -0.15) is 5.10 Å². The topological polar surface area (TPSA) is 85.7 Å². The van der Waals surface area contributed by atoms with E-state index >= 15 is 0 Å². The van der Waals surface area contributed by atoms with Gasteiger partial charge in [-0.05, 0) is 55.9 Å². The minimum atomic E-state index is -0.190. The molecule has 2 aromatic carbocycles. The van der Waals surface area contributed by atoms with E-state index in [0.717, 1.165) is 25.1 Å². The fourth-order valence-electron chi connectivity index (χ4n) is 4.69. The van der Waals surface area contributed by atoms with Gasteiger partial charge in [0.25, 0.3) is 5.91 Å². The average Bonchev–Trinajstić information content (AvgIpc) is 3.67. The first-order valence-corrected chi connectivity index (χ1v) is 12.5. The zero-order valence-electron chi connectivity index (χ0n) is 20.8. The van der Waals surface area contributed by atoms with E-state index in [4.69, 9.17) is 14.6 Å². The zero-order chi connectivity index (χ0) is 25.1. The van der Waals surface area contributed by atoms with Gasteiger partial charge in [-0.15, -0.1) is 0 Å². The van der Waals surface area contributed by atoms with Gasteiger partial charge in [-0.1, -0.05) is 18.2 Å². The molecule has 2 heterocycles. The molecule has 1 N–H and O–H groups in total. The van der Waals surface area contributed by atoms with Gasteiger partial charge in [0.15, 0.2) is 0 Å². The maximum atomic E-state index is 13.9. The third kappa shape index (κ3) is 5.08. The lowest BCUT2D eigenvalue weighted by atomic mass is 9.96. The molecule has 2 amide bonds. The molecular formula is C28H32N4O4. The van der Waals surface area contributed by atoms with Crippen LogP contribution in [0, 0.1) is 11.8 Å². The normalized spacial score (nSPS) is 17.5. The first-order chi connectivity index (χ1) is 17.6. The van der Waals surface area contributed by atoms with Crippen molar-refractivity contribution in [2.45, 2.75) is 25.7 Å². The van der Waals surface area contributed by atoms with Crippen LogP contribution in [0.3, 0.4) is 0 Å². The van der Waals surface area contributed by atoms with E-state index in [9.17, 15) is 9.59 Å². The molecule has 1 saturated heterocycles. The molecule has 0 radical (unpaired) electrons. The fraction of sp³-hybridized carbons (Fsp3) is 0.393. The Kier molecular flexibility index (Phi) is 6.93. The third-order valence-electron chi connectivity index (χ3n) is 6.97. The molecule has 1 aliphatic carbocycles. The number of piperidine rings is 1. The van der Waals surface area contributed by atoms with Gasteiger partial charge < -0.3 is 19.7 Å². The van der Waals surface area contributed by atoms with Gasteiger partial charge in [0.1, 0.15) is 17.2 Å². The summed E-state index contributed by atoms with van der Waals surface area (Å²) in [4.78, 5) is 28.4. The van der Waals surface area contributed by atoms with Crippen molar-refractivity contribution in [3.63, 3.8) is 0 Å². The van der Waals surface area contributed by atoms with E-state index in [1.54, 1.807) is 36.1 Å². The van der Waals surface area contributed by atoms with E-state index in [-0.39, 0.29) is 17.7 Å². The summed E-state index contributed by atoms with van der Waals surface area (Å²) in [5.41, 5.74) is 2.55. The highest BCUT2D eigenvalue weighted by atomic mass is 16.5. The molecule has 1 aliphatic heterocycles. The van der Waals surface area contributed by atoms with Crippen LogP contribution >= 0.6 is 0 Å². The molecule has 36 heavy (non-hydrogen) atoms. The third-order valence-corrected chi connectivity index (χ3v) is 6.97. The van der Waals surface area contributed by atoms with Crippen LogP contribution in [0.15, 0.2) is 54.7 Å². The summed E-state index contributed by atoms with van der Waals surface area (Å²) in [6.07, 6.45) is 5.74. The molecule has 1 atom stereocenters. The molecular weight excluding hydrogens is 456 g/mol.